The molecule has 5 heterocycles. The lowest BCUT2D eigenvalue weighted by atomic mass is 10.2. The van der Waals surface area contributed by atoms with Gasteiger partial charge in [0.1, 0.15) is 11.2 Å². The number of hydrogen-bond donors (Lipinski definition) is 1. The molecule has 5 aromatic rings. The molecule has 0 unspecified atom stereocenters. The zero-order valence-electron chi connectivity index (χ0n) is 23.5. The van der Waals surface area contributed by atoms with E-state index in [2.05, 4.69) is 52.9 Å². The Morgan fingerprint density at radius 3 is 2.52 bits per heavy atom. The third kappa shape index (κ3) is 5.46. The molecule has 6 rings (SSSR count). The van der Waals surface area contributed by atoms with Gasteiger partial charge >= 0.3 is 0 Å². The first-order valence-corrected chi connectivity index (χ1v) is 13.5. The summed E-state index contributed by atoms with van der Waals surface area (Å²) in [7, 11) is 4.25. The summed E-state index contributed by atoms with van der Waals surface area (Å²) >= 11 is 0. The molecule has 42 heavy (non-hydrogen) atoms. The smallest absolute Gasteiger partial charge is 0.278 e. The van der Waals surface area contributed by atoms with Gasteiger partial charge in [-0.15, -0.1) is 6.58 Å². The second kappa shape index (κ2) is 12.0. The summed E-state index contributed by atoms with van der Waals surface area (Å²) in [5.41, 5.74) is 1.93. The van der Waals surface area contributed by atoms with Crippen LogP contribution in [0.4, 0.5) is 17.3 Å². The van der Waals surface area contributed by atoms with Crippen LogP contribution in [-0.4, -0.2) is 67.0 Å². The van der Waals surface area contributed by atoms with Crippen LogP contribution in [0, 0.1) is 0 Å². The average molecular weight is 584 g/mol. The lowest BCUT2D eigenvalue weighted by molar-refractivity contribution is 0.315. The number of hydrogen-bond acceptors (Lipinski definition) is 8. The van der Waals surface area contributed by atoms with Crippen molar-refractivity contribution in [1.82, 2.24) is 33.8 Å². The van der Waals surface area contributed by atoms with Gasteiger partial charge in [-0.1, -0.05) is 18.2 Å². The molecule has 1 aromatic carbocycles. The Labute approximate surface area is 249 Å². The molecule has 0 spiro atoms. The second-order valence-corrected chi connectivity index (χ2v) is 10.2. The van der Waals surface area contributed by atoms with Crippen LogP contribution in [0.3, 0.4) is 0 Å². The second-order valence-electron chi connectivity index (χ2n) is 10.2. The number of likely N-dealkylation sites (N-methyl/N-ethyl adjacent to an activating group) is 1. The van der Waals surface area contributed by atoms with E-state index in [1.165, 1.54) is 27.2 Å². The number of nitrogens with zero attached hydrogens (tertiary/aromatic N) is 8. The zero-order valence-corrected chi connectivity index (χ0v) is 24.5. The van der Waals surface area contributed by atoms with Crippen molar-refractivity contribution in [2.75, 3.05) is 37.4 Å². The maximum Gasteiger partial charge on any atom is 0.278 e. The normalized spacial score (nSPS) is 14.7. The minimum atomic E-state index is -0.262. The molecule has 1 aliphatic rings. The van der Waals surface area contributed by atoms with Crippen molar-refractivity contribution < 1.29 is 0 Å². The van der Waals surface area contributed by atoms with Crippen molar-refractivity contribution in [1.29, 1.82) is 0 Å². The zero-order chi connectivity index (χ0) is 28.5. The Balaban J connectivity index is 0.00000353. The lowest BCUT2D eigenvalue weighted by Gasteiger charge is -2.22. The van der Waals surface area contributed by atoms with Crippen LogP contribution in [0.1, 0.15) is 6.42 Å². The van der Waals surface area contributed by atoms with Gasteiger partial charge in [0.25, 0.3) is 11.1 Å². The van der Waals surface area contributed by atoms with Gasteiger partial charge in [0, 0.05) is 49.0 Å². The van der Waals surface area contributed by atoms with E-state index in [-0.39, 0.29) is 31.2 Å². The van der Waals surface area contributed by atoms with Crippen molar-refractivity contribution >= 4 is 41.9 Å². The molecule has 0 saturated carbocycles. The molecule has 11 nitrogen and oxygen atoms in total. The lowest BCUT2D eigenvalue weighted by Crippen LogP contribution is -2.31. The third-order valence-electron chi connectivity index (χ3n) is 7.37. The molecule has 1 fully saturated rings. The first kappa shape index (κ1) is 28.8. The van der Waals surface area contributed by atoms with Gasteiger partial charge in [0.05, 0.1) is 6.54 Å². The van der Waals surface area contributed by atoms with E-state index in [0.29, 0.717) is 34.7 Å². The van der Waals surface area contributed by atoms with Crippen molar-refractivity contribution in [3.8, 4) is 11.6 Å². The monoisotopic (exact) mass is 583 g/mol. The summed E-state index contributed by atoms with van der Waals surface area (Å²) in [6.07, 6.45) is 5.96. The van der Waals surface area contributed by atoms with E-state index in [4.69, 9.17) is 9.97 Å². The summed E-state index contributed by atoms with van der Waals surface area (Å²) < 4.78 is 4.59. The Bertz CT molecular complexity index is 1840. The van der Waals surface area contributed by atoms with Gasteiger partial charge in [-0.2, -0.15) is 18.5 Å². The highest BCUT2D eigenvalue weighted by Crippen LogP contribution is 2.25. The number of pyridine rings is 2. The highest BCUT2D eigenvalue weighted by atomic mass is 32.1. The molecule has 1 atom stereocenters. The SMILES string of the molecule is C=CCn1c(=O)c2cnc(Nc3ccc(N4CC[C@H](N(C)C)C4)cc3)nc2n1-c1cccc(-n2ccccc2=O)n1.S. The standard InChI is InChI=1S/C30H31N9O2.H2S/c1-4-16-38-29(41)24-19-31-30(32-21-11-13-22(14-12-21)36-18-15-23(20-36)35(2)3)34-28(24)39(38)26-9-7-8-25(33-26)37-17-6-5-10-27(37)40;/h4-14,17,19,23H,1,15-16,18,20H2,2-3H3,(H,31,32,34);1H2/t23-;/m0./s1. The number of anilines is 3. The minimum absolute atomic E-state index is 0. The fourth-order valence-electron chi connectivity index (χ4n) is 5.17. The number of aromatic nitrogens is 6. The van der Waals surface area contributed by atoms with Crippen LogP contribution in [0.5, 0.6) is 0 Å². The maximum absolute atomic E-state index is 13.3. The molecule has 1 saturated heterocycles. The van der Waals surface area contributed by atoms with Gasteiger partial charge < -0.3 is 15.1 Å². The summed E-state index contributed by atoms with van der Waals surface area (Å²) in [5, 5.41) is 3.61. The van der Waals surface area contributed by atoms with E-state index < -0.39 is 0 Å². The van der Waals surface area contributed by atoms with E-state index in [9.17, 15) is 9.59 Å². The van der Waals surface area contributed by atoms with Crippen molar-refractivity contribution in [3.05, 3.63) is 106 Å². The molecule has 12 heteroatoms. The summed E-state index contributed by atoms with van der Waals surface area (Å²) in [6, 6.07) is 19.0. The van der Waals surface area contributed by atoms with Gasteiger partial charge in [0.2, 0.25) is 5.95 Å². The number of allylic oxidation sites excluding steroid dienone is 1. The fraction of sp³-hybridized carbons (Fsp3) is 0.233. The highest BCUT2D eigenvalue weighted by molar-refractivity contribution is 7.59. The van der Waals surface area contributed by atoms with Gasteiger partial charge in [-0.3, -0.25) is 14.2 Å². The largest absolute Gasteiger partial charge is 0.370 e. The highest BCUT2D eigenvalue weighted by Gasteiger charge is 2.24. The number of benzene rings is 1. The van der Waals surface area contributed by atoms with Crippen molar-refractivity contribution in [2.45, 2.75) is 19.0 Å². The van der Waals surface area contributed by atoms with E-state index in [1.54, 1.807) is 47.3 Å². The number of nitrogens with one attached hydrogen (secondary N) is 1. The maximum atomic E-state index is 13.3. The van der Waals surface area contributed by atoms with Crippen LogP contribution in [0.25, 0.3) is 22.7 Å². The fourth-order valence-corrected chi connectivity index (χ4v) is 5.17. The molecule has 0 bridgehead atoms. The minimum Gasteiger partial charge on any atom is -0.370 e. The molecule has 216 valence electrons. The quantitative estimate of drug-likeness (QED) is 0.278. The molecule has 1 N–H and O–H groups in total. The molecule has 1 aliphatic heterocycles. The van der Waals surface area contributed by atoms with E-state index >= 15 is 0 Å². The third-order valence-corrected chi connectivity index (χ3v) is 7.37. The average Bonchev–Trinajstić information content (AvgIpc) is 3.58. The van der Waals surface area contributed by atoms with Crippen LogP contribution < -0.4 is 21.3 Å². The van der Waals surface area contributed by atoms with Gasteiger partial charge in [-0.05, 0) is 63.0 Å². The summed E-state index contributed by atoms with van der Waals surface area (Å²) in [5.74, 6) is 1.21. The summed E-state index contributed by atoms with van der Waals surface area (Å²) in [4.78, 5) is 44.3. The molecule has 0 aliphatic carbocycles. The predicted molar refractivity (Wildman–Crippen MR) is 171 cm³/mol. The van der Waals surface area contributed by atoms with E-state index in [0.717, 1.165) is 25.2 Å². The van der Waals surface area contributed by atoms with Crippen LogP contribution >= 0.6 is 13.5 Å². The molecular formula is C30H33N9O2S. The number of rotatable bonds is 8. The van der Waals surface area contributed by atoms with E-state index in [1.807, 2.05) is 12.1 Å². The Kier molecular flexibility index (Phi) is 8.27. The Hall–Kier alpha value is -4.68. The van der Waals surface area contributed by atoms with Crippen molar-refractivity contribution in [3.63, 3.8) is 0 Å². The molecule has 0 amide bonds. The molecular weight excluding hydrogens is 550 g/mol. The topological polar surface area (TPSA) is 106 Å². The Morgan fingerprint density at radius 1 is 1.02 bits per heavy atom. The predicted octanol–water partition coefficient (Wildman–Crippen LogP) is 3.31. The molecule has 0 radical (unpaired) electrons. The van der Waals surface area contributed by atoms with Crippen molar-refractivity contribution in [2.24, 2.45) is 0 Å². The van der Waals surface area contributed by atoms with Crippen LogP contribution in [0.15, 0.2) is 95.3 Å². The van der Waals surface area contributed by atoms with Gasteiger partial charge in [-0.25, -0.2) is 19.3 Å². The number of fused-ring (bicyclic) bond motifs is 1. The van der Waals surface area contributed by atoms with Gasteiger partial charge in [0.15, 0.2) is 11.5 Å². The first-order valence-electron chi connectivity index (χ1n) is 13.5. The van der Waals surface area contributed by atoms with Crippen LogP contribution in [-0.2, 0) is 6.54 Å². The summed E-state index contributed by atoms with van der Waals surface area (Å²) in [6.45, 7) is 6.08. The first-order chi connectivity index (χ1) is 19.9. The Morgan fingerprint density at radius 2 is 1.81 bits per heavy atom. The molecule has 4 aromatic heterocycles. The van der Waals surface area contributed by atoms with Crippen LogP contribution in [0.2, 0.25) is 0 Å².